The quantitative estimate of drug-likeness (QED) is 0.619. The molecular formula is C9H16NO3. The molecule has 0 fully saturated rings. The van der Waals surface area contributed by atoms with Gasteiger partial charge in [-0.1, -0.05) is 6.92 Å². The lowest BCUT2D eigenvalue weighted by atomic mass is 9.99. The minimum absolute atomic E-state index is 0.218. The van der Waals surface area contributed by atoms with Gasteiger partial charge in [-0.2, -0.15) is 0 Å². The van der Waals surface area contributed by atoms with Gasteiger partial charge in [-0.05, 0) is 19.3 Å². The van der Waals surface area contributed by atoms with E-state index in [9.17, 15) is 9.59 Å². The van der Waals surface area contributed by atoms with Crippen LogP contribution in [0.1, 0.15) is 25.7 Å². The third-order valence-corrected chi connectivity index (χ3v) is 1.91. The van der Waals surface area contributed by atoms with Gasteiger partial charge < -0.3 is 10.5 Å². The van der Waals surface area contributed by atoms with E-state index in [-0.39, 0.29) is 17.8 Å². The first-order chi connectivity index (χ1) is 6.11. The van der Waals surface area contributed by atoms with Crippen molar-refractivity contribution in [2.45, 2.75) is 25.7 Å². The third-order valence-electron chi connectivity index (χ3n) is 1.91. The summed E-state index contributed by atoms with van der Waals surface area (Å²) in [4.78, 5) is 21.4. The van der Waals surface area contributed by atoms with Crippen LogP contribution in [0, 0.1) is 12.8 Å². The zero-order valence-corrected chi connectivity index (χ0v) is 7.91. The second-order valence-corrected chi connectivity index (χ2v) is 2.86. The van der Waals surface area contributed by atoms with E-state index in [0.717, 1.165) is 0 Å². The lowest BCUT2D eigenvalue weighted by Crippen LogP contribution is -2.22. The maximum absolute atomic E-state index is 10.7. The topological polar surface area (TPSA) is 69.4 Å². The standard InChI is InChI=1S/C9H16NO3/c1-3-7(9(10)12)5-4-6-8(11)13-2/h7H,1,3-6H2,2H3,(H2,10,12). The molecular weight excluding hydrogens is 170 g/mol. The molecule has 1 unspecified atom stereocenters. The molecule has 0 aromatic carbocycles. The van der Waals surface area contributed by atoms with E-state index in [1.807, 2.05) is 0 Å². The van der Waals surface area contributed by atoms with Crippen LogP contribution in [-0.4, -0.2) is 19.0 Å². The Labute approximate surface area is 78.4 Å². The number of methoxy groups -OCH3 is 1. The molecule has 2 N–H and O–H groups in total. The molecule has 0 spiro atoms. The number of carbonyl (C=O) groups is 2. The number of primary amides is 1. The molecule has 1 atom stereocenters. The molecule has 0 aliphatic heterocycles. The van der Waals surface area contributed by atoms with Crippen LogP contribution in [0.3, 0.4) is 0 Å². The van der Waals surface area contributed by atoms with Crippen LogP contribution in [0.15, 0.2) is 0 Å². The van der Waals surface area contributed by atoms with Crippen molar-refractivity contribution >= 4 is 11.9 Å². The summed E-state index contributed by atoms with van der Waals surface area (Å²) in [7, 11) is 1.34. The summed E-state index contributed by atoms with van der Waals surface area (Å²) in [6, 6.07) is 0. The molecule has 0 aliphatic rings. The van der Waals surface area contributed by atoms with Gasteiger partial charge in [-0.3, -0.25) is 9.59 Å². The molecule has 4 heteroatoms. The largest absolute Gasteiger partial charge is 0.469 e. The van der Waals surface area contributed by atoms with Gasteiger partial charge in [0.2, 0.25) is 5.91 Å². The highest BCUT2D eigenvalue weighted by atomic mass is 16.5. The van der Waals surface area contributed by atoms with Crippen molar-refractivity contribution in [2.75, 3.05) is 7.11 Å². The van der Waals surface area contributed by atoms with E-state index >= 15 is 0 Å². The van der Waals surface area contributed by atoms with Gasteiger partial charge in [0.15, 0.2) is 0 Å². The van der Waals surface area contributed by atoms with Crippen molar-refractivity contribution in [3.8, 4) is 0 Å². The molecule has 13 heavy (non-hydrogen) atoms. The highest BCUT2D eigenvalue weighted by Gasteiger charge is 2.12. The molecule has 0 rings (SSSR count). The van der Waals surface area contributed by atoms with Crippen LogP contribution in [0.4, 0.5) is 0 Å². The predicted octanol–water partition coefficient (Wildman–Crippen LogP) is 0.655. The molecule has 0 saturated heterocycles. The van der Waals surface area contributed by atoms with Gasteiger partial charge in [0.1, 0.15) is 0 Å². The lowest BCUT2D eigenvalue weighted by molar-refractivity contribution is -0.141. The first kappa shape index (κ1) is 11.9. The summed E-state index contributed by atoms with van der Waals surface area (Å²) >= 11 is 0. The second kappa shape index (κ2) is 6.46. The molecule has 0 aliphatic carbocycles. The van der Waals surface area contributed by atoms with Gasteiger partial charge >= 0.3 is 5.97 Å². The molecule has 0 aromatic heterocycles. The third kappa shape index (κ3) is 5.22. The van der Waals surface area contributed by atoms with Crippen LogP contribution in [0.5, 0.6) is 0 Å². The molecule has 1 amide bonds. The summed E-state index contributed by atoms with van der Waals surface area (Å²) in [5.41, 5.74) is 5.10. The lowest BCUT2D eigenvalue weighted by Gasteiger charge is -2.08. The molecule has 0 heterocycles. The Morgan fingerprint density at radius 1 is 1.54 bits per heavy atom. The van der Waals surface area contributed by atoms with Gasteiger partial charge in [0, 0.05) is 12.3 Å². The first-order valence-electron chi connectivity index (χ1n) is 4.27. The zero-order valence-electron chi connectivity index (χ0n) is 7.91. The van der Waals surface area contributed by atoms with Gasteiger partial charge in [-0.25, -0.2) is 0 Å². The van der Waals surface area contributed by atoms with E-state index in [1.165, 1.54) is 7.11 Å². The number of hydrogen-bond donors (Lipinski definition) is 1. The van der Waals surface area contributed by atoms with E-state index < -0.39 is 0 Å². The van der Waals surface area contributed by atoms with E-state index in [4.69, 9.17) is 5.73 Å². The smallest absolute Gasteiger partial charge is 0.305 e. The fourth-order valence-electron chi connectivity index (χ4n) is 1.02. The summed E-state index contributed by atoms with van der Waals surface area (Å²) in [6.45, 7) is 3.61. The van der Waals surface area contributed by atoms with Crippen LogP contribution >= 0.6 is 0 Å². The Kier molecular flexibility index (Phi) is 5.93. The Bertz CT molecular complexity index is 180. The average molecular weight is 186 g/mol. The maximum Gasteiger partial charge on any atom is 0.305 e. The molecule has 0 saturated carbocycles. The van der Waals surface area contributed by atoms with Gasteiger partial charge in [0.05, 0.1) is 7.11 Å². The average Bonchev–Trinajstić information content (AvgIpc) is 2.11. The number of rotatable bonds is 6. The van der Waals surface area contributed by atoms with Crippen molar-refractivity contribution in [1.82, 2.24) is 0 Å². The first-order valence-corrected chi connectivity index (χ1v) is 4.27. The number of amides is 1. The minimum atomic E-state index is -0.347. The Morgan fingerprint density at radius 2 is 2.15 bits per heavy atom. The van der Waals surface area contributed by atoms with E-state index in [1.54, 1.807) is 0 Å². The number of carbonyl (C=O) groups excluding carboxylic acids is 2. The fraction of sp³-hybridized carbons (Fsp3) is 0.667. The normalized spacial score (nSPS) is 12.2. The minimum Gasteiger partial charge on any atom is -0.469 e. The fourth-order valence-corrected chi connectivity index (χ4v) is 1.02. The SMILES string of the molecule is [CH2]CC(CCCC(=O)OC)C(N)=O. The maximum atomic E-state index is 10.7. The second-order valence-electron chi connectivity index (χ2n) is 2.86. The molecule has 75 valence electrons. The molecule has 1 radical (unpaired) electrons. The number of ether oxygens (including phenoxy) is 1. The monoisotopic (exact) mass is 186 g/mol. The number of esters is 1. The number of nitrogens with two attached hydrogens (primary N) is 1. The van der Waals surface area contributed by atoms with Crippen molar-refractivity contribution in [3.05, 3.63) is 6.92 Å². The van der Waals surface area contributed by atoms with Gasteiger partial charge in [0.25, 0.3) is 0 Å². The summed E-state index contributed by atoms with van der Waals surface area (Å²) in [6.07, 6.45) is 2.04. The van der Waals surface area contributed by atoms with Crippen LogP contribution in [0.2, 0.25) is 0 Å². The molecule has 0 bridgehead atoms. The Balaban J connectivity index is 3.61. The zero-order chi connectivity index (χ0) is 10.3. The predicted molar refractivity (Wildman–Crippen MR) is 48.5 cm³/mol. The van der Waals surface area contributed by atoms with E-state index in [2.05, 4.69) is 11.7 Å². The Morgan fingerprint density at radius 3 is 2.54 bits per heavy atom. The number of hydrogen-bond acceptors (Lipinski definition) is 3. The van der Waals surface area contributed by atoms with Crippen molar-refractivity contribution < 1.29 is 14.3 Å². The summed E-state index contributed by atoms with van der Waals surface area (Å²) in [5, 5.41) is 0. The molecule has 0 aromatic rings. The van der Waals surface area contributed by atoms with E-state index in [0.29, 0.717) is 25.7 Å². The van der Waals surface area contributed by atoms with Crippen LogP contribution < -0.4 is 5.73 Å². The Hall–Kier alpha value is -1.06. The summed E-state index contributed by atoms with van der Waals surface area (Å²) in [5.74, 6) is -0.822. The van der Waals surface area contributed by atoms with Gasteiger partial charge in [-0.15, -0.1) is 0 Å². The van der Waals surface area contributed by atoms with Crippen LogP contribution in [-0.2, 0) is 14.3 Å². The van der Waals surface area contributed by atoms with Crippen molar-refractivity contribution in [3.63, 3.8) is 0 Å². The summed E-state index contributed by atoms with van der Waals surface area (Å²) < 4.78 is 4.46. The molecule has 4 nitrogen and oxygen atoms in total. The highest BCUT2D eigenvalue weighted by Crippen LogP contribution is 2.11. The van der Waals surface area contributed by atoms with Crippen LogP contribution in [0.25, 0.3) is 0 Å². The van der Waals surface area contributed by atoms with Crippen molar-refractivity contribution in [1.29, 1.82) is 0 Å². The highest BCUT2D eigenvalue weighted by molar-refractivity contribution is 5.76. The van der Waals surface area contributed by atoms with Crippen molar-refractivity contribution in [2.24, 2.45) is 11.7 Å².